The van der Waals surface area contributed by atoms with Crippen LogP contribution >= 0.6 is 25.8 Å². The molecule has 7 heterocycles. The average molecular weight is 746 g/mol. The fourth-order valence-electron chi connectivity index (χ4n) is 5.39. The molecule has 3 aliphatic heterocycles. The van der Waals surface area contributed by atoms with Crippen LogP contribution in [0.5, 0.6) is 0 Å². The van der Waals surface area contributed by atoms with Crippen molar-refractivity contribution in [3.05, 3.63) is 33.4 Å². The molecule has 4 aromatic rings. The monoisotopic (exact) mass is 745 g/mol. The number of nitrogens with one attached hydrogen (secondary N) is 2. The molecule has 22 nitrogen and oxygen atoms in total. The van der Waals surface area contributed by atoms with E-state index in [1.807, 2.05) is 0 Å². The summed E-state index contributed by atoms with van der Waals surface area (Å²) in [6.45, 7) is -9.76. The topological polar surface area (TPSA) is 312 Å². The fraction of sp³-hybridized carbons (Fsp3) is 0.500. The zero-order valence-corrected chi connectivity index (χ0v) is 29.3. The third kappa shape index (κ3) is 6.47. The van der Waals surface area contributed by atoms with Gasteiger partial charge in [0.05, 0.1) is 25.9 Å². The van der Waals surface area contributed by atoms with Crippen molar-refractivity contribution in [1.29, 1.82) is 0 Å². The van der Waals surface area contributed by atoms with Gasteiger partial charge in [-0.1, -0.05) is 12.2 Å². The number of thiol groups is 1. The number of ether oxygens (including phenoxy) is 2. The van der Waals surface area contributed by atoms with Crippen LogP contribution in [0.4, 0.5) is 11.9 Å². The number of nitrogens with zero attached hydrogens (tertiary/aromatic N) is 6. The maximum absolute atomic E-state index is 13.4. The maximum atomic E-state index is 13.4. The van der Waals surface area contributed by atoms with Crippen molar-refractivity contribution < 1.29 is 76.8 Å². The molecule has 0 saturated carbocycles. The SMILES string of the molecule is Nc1nc2c(ncn2C2O[C@@H]3COP(=O)(S)O[C@H]4[C@@H](O)[C@H](n5cnc6c(=O)[nH]c(N)nc65)O[C@@H]4COP(O)(=S)O[C@H]3[C@H]2O)c(=O)[nH]1.[Na+]. The van der Waals surface area contributed by atoms with Crippen LogP contribution in [0.1, 0.15) is 12.5 Å². The smallest absolute Gasteiger partial charge is 0.386 e. The van der Waals surface area contributed by atoms with Gasteiger partial charge in [-0.3, -0.25) is 42.3 Å². The number of anilines is 2. The van der Waals surface area contributed by atoms with Crippen molar-refractivity contribution in [3.8, 4) is 0 Å². The Balaban J connectivity index is 0.00000386. The van der Waals surface area contributed by atoms with Crippen molar-refractivity contribution >= 4 is 71.8 Å². The van der Waals surface area contributed by atoms with Gasteiger partial charge in [-0.05, 0) is 11.8 Å². The summed E-state index contributed by atoms with van der Waals surface area (Å²) in [5.74, 6) is -0.450. The minimum Gasteiger partial charge on any atom is -0.386 e. The van der Waals surface area contributed by atoms with Gasteiger partial charge in [0.1, 0.15) is 36.6 Å². The Morgan fingerprint density at radius 1 is 0.872 bits per heavy atom. The van der Waals surface area contributed by atoms with Gasteiger partial charge in [0.25, 0.3) is 11.1 Å². The summed E-state index contributed by atoms with van der Waals surface area (Å²) < 4.78 is 50.0. The largest absolute Gasteiger partial charge is 1.00 e. The number of aromatic amines is 2. The van der Waals surface area contributed by atoms with E-state index in [-0.39, 0.29) is 63.8 Å². The van der Waals surface area contributed by atoms with Crippen LogP contribution in [0.25, 0.3) is 22.3 Å². The van der Waals surface area contributed by atoms with E-state index >= 15 is 0 Å². The van der Waals surface area contributed by atoms with Gasteiger partial charge < -0.3 is 40.6 Å². The minimum atomic E-state index is -4.35. The van der Waals surface area contributed by atoms with E-state index < -0.39 is 86.9 Å². The van der Waals surface area contributed by atoms with E-state index in [0.29, 0.717) is 0 Å². The number of nitrogen functional groups attached to an aromatic ring is 2. The standard InChI is InChI=1S/C20H24N10O12P2S2.Na/c21-19-25-13-7(15(33)27-19)23-3-29(13)17-9(31)11-5(39-17)1-37-43(35,45)42-12-6(2-38-44(36,46)41-11)40-18(10(12)32)30-4-24-8-14(30)26-20(22)28-16(8)34;/h3-6,9-12,17-18,31-32H,1-2H2,(H,35,45)(H,36,46)(H3,21,25,27,33)(H3,22,26,28,34);/q;+1/t5-,6-,9-,10-,11-,12-,17-,18?,43?,44?;/m1./s1. The number of rotatable bonds is 2. The third-order valence-corrected chi connectivity index (χ3v) is 10.6. The predicted octanol–water partition coefficient (Wildman–Crippen LogP) is -4.99. The third-order valence-electron chi connectivity index (χ3n) is 7.38. The Morgan fingerprint density at radius 3 is 1.81 bits per heavy atom. The van der Waals surface area contributed by atoms with Gasteiger partial charge in [-0.25, -0.2) is 14.5 Å². The number of fused-ring (bicyclic) bond motifs is 4. The second-order valence-corrected chi connectivity index (χ2v) is 16.0. The zero-order valence-electron chi connectivity index (χ0n) is 23.8. The molecule has 0 bridgehead atoms. The van der Waals surface area contributed by atoms with Crippen LogP contribution in [0.3, 0.4) is 0 Å². The van der Waals surface area contributed by atoms with Crippen LogP contribution < -0.4 is 52.1 Å². The number of hydrogen-bond acceptors (Lipinski definition) is 18. The summed E-state index contributed by atoms with van der Waals surface area (Å²) in [4.78, 5) is 56.2. The number of H-pyrrole nitrogens is 2. The number of aliphatic hydroxyl groups is 2. The van der Waals surface area contributed by atoms with Gasteiger partial charge in [-0.15, -0.1) is 0 Å². The Hall–Kier alpha value is -1.83. The summed E-state index contributed by atoms with van der Waals surface area (Å²) in [6, 6.07) is 0. The fourth-order valence-corrected chi connectivity index (χ4v) is 8.33. The number of aliphatic hydroxyl groups excluding tert-OH is 2. The summed E-state index contributed by atoms with van der Waals surface area (Å²) in [5.41, 5.74) is 9.79. The Morgan fingerprint density at radius 2 is 1.32 bits per heavy atom. The van der Waals surface area contributed by atoms with E-state index in [1.54, 1.807) is 0 Å². The predicted molar refractivity (Wildman–Crippen MR) is 160 cm³/mol. The molecular formula is C20H24N10NaO12P2S2+. The van der Waals surface area contributed by atoms with E-state index in [1.165, 1.54) is 21.8 Å². The Labute approximate surface area is 293 Å². The summed E-state index contributed by atoms with van der Waals surface area (Å²) in [5, 5.41) is 22.5. The molecule has 0 aliphatic carbocycles. The van der Waals surface area contributed by atoms with E-state index in [9.17, 15) is 29.3 Å². The van der Waals surface area contributed by atoms with Gasteiger partial charge in [0, 0.05) is 0 Å². The molecule has 7 rings (SSSR count). The normalized spacial score (nSPS) is 36.3. The number of aromatic nitrogens is 8. The molecular weight excluding hydrogens is 721 g/mol. The van der Waals surface area contributed by atoms with Gasteiger partial charge >= 0.3 is 43.1 Å². The van der Waals surface area contributed by atoms with Crippen LogP contribution in [0.15, 0.2) is 22.2 Å². The maximum Gasteiger partial charge on any atom is 1.00 e. The minimum absolute atomic E-state index is 0. The van der Waals surface area contributed by atoms with Crippen molar-refractivity contribution in [1.82, 2.24) is 39.0 Å². The van der Waals surface area contributed by atoms with Crippen LogP contribution in [0.2, 0.25) is 0 Å². The zero-order chi connectivity index (χ0) is 32.7. The summed E-state index contributed by atoms with van der Waals surface area (Å²) >= 11 is 9.24. The Kier molecular flexibility index (Phi) is 9.54. The quantitative estimate of drug-likeness (QED) is 0.0541. The number of hydrogen-bond donors (Lipinski definition) is 8. The van der Waals surface area contributed by atoms with Crippen molar-refractivity contribution in [2.45, 2.75) is 49.1 Å². The van der Waals surface area contributed by atoms with Crippen molar-refractivity contribution in [2.75, 3.05) is 24.7 Å². The van der Waals surface area contributed by atoms with Crippen LogP contribution in [0, 0.1) is 0 Å². The molecule has 0 spiro atoms. The van der Waals surface area contributed by atoms with E-state index in [0.717, 1.165) is 0 Å². The van der Waals surface area contributed by atoms with Crippen molar-refractivity contribution in [3.63, 3.8) is 0 Å². The average Bonchev–Trinajstić information content (AvgIpc) is 3.72. The first-order valence-electron chi connectivity index (χ1n) is 13.1. The van der Waals surface area contributed by atoms with E-state index in [4.69, 9.17) is 50.8 Å². The first-order valence-corrected chi connectivity index (χ1v) is 18.4. The molecule has 0 amide bonds. The van der Waals surface area contributed by atoms with Gasteiger partial charge in [0.15, 0.2) is 34.8 Å². The molecule has 10 atom stereocenters. The molecule has 3 aliphatic rings. The molecule has 4 aromatic heterocycles. The summed E-state index contributed by atoms with van der Waals surface area (Å²) in [7, 11) is 0. The molecule has 248 valence electrons. The first-order chi connectivity index (χ1) is 21.7. The number of nitrogens with two attached hydrogens (primary N) is 2. The molecule has 3 fully saturated rings. The first kappa shape index (κ1) is 35.0. The Bertz CT molecular complexity index is 1920. The molecule has 0 radical (unpaired) electrons. The van der Waals surface area contributed by atoms with Crippen LogP contribution in [-0.2, 0) is 43.9 Å². The summed E-state index contributed by atoms with van der Waals surface area (Å²) in [6.07, 6.45) is -9.01. The van der Waals surface area contributed by atoms with Crippen LogP contribution in [-0.4, -0.2) is 104 Å². The van der Waals surface area contributed by atoms with Gasteiger partial charge in [0.2, 0.25) is 11.9 Å². The molecule has 9 N–H and O–H groups in total. The molecule has 3 unspecified atom stereocenters. The molecule has 0 aromatic carbocycles. The van der Waals surface area contributed by atoms with Crippen molar-refractivity contribution in [2.24, 2.45) is 0 Å². The second-order valence-electron chi connectivity index (χ2n) is 10.3. The second kappa shape index (κ2) is 12.8. The van der Waals surface area contributed by atoms with E-state index in [2.05, 4.69) is 42.2 Å². The number of imidazole rings is 2. The molecule has 47 heavy (non-hydrogen) atoms. The molecule has 27 heteroatoms. The van der Waals surface area contributed by atoms with Gasteiger partial charge in [-0.2, -0.15) is 9.97 Å². The molecule has 3 saturated heterocycles.